The zero-order valence-corrected chi connectivity index (χ0v) is 14.6. The third-order valence-electron chi connectivity index (χ3n) is 3.87. The molecule has 2 aromatic carbocycles. The second-order valence-corrected chi connectivity index (χ2v) is 6.55. The maximum Gasteiger partial charge on any atom is 0.405 e. The number of hydrogen-bond donors (Lipinski definition) is 2. The standard InChI is InChI=1S/C20H24N2O3/c1-20(2,25-19(21)24)14-6-7-15-10-12-17(13-11-15)22-18(23)16-8-4-3-5-9-16/h3-5,8-13H,6-7,14H2,1-2H3,(H2,21,24)(H,22,23). The van der Waals surface area contributed by atoms with Crippen LogP contribution in [0.5, 0.6) is 0 Å². The number of amides is 2. The van der Waals surface area contributed by atoms with Crippen LogP contribution in [0.1, 0.15) is 42.6 Å². The van der Waals surface area contributed by atoms with Crippen LogP contribution in [-0.2, 0) is 11.2 Å². The maximum atomic E-state index is 12.1. The molecule has 0 aliphatic heterocycles. The lowest BCUT2D eigenvalue weighted by molar-refractivity contribution is 0.0378. The number of aryl methyl sites for hydroxylation is 1. The fourth-order valence-electron chi connectivity index (χ4n) is 2.59. The van der Waals surface area contributed by atoms with E-state index in [2.05, 4.69) is 5.32 Å². The van der Waals surface area contributed by atoms with Gasteiger partial charge in [0.25, 0.3) is 5.91 Å². The Hall–Kier alpha value is -2.82. The van der Waals surface area contributed by atoms with Crippen molar-refractivity contribution in [3.05, 3.63) is 65.7 Å². The topological polar surface area (TPSA) is 81.4 Å². The SMILES string of the molecule is CC(C)(CCCc1ccc(NC(=O)c2ccccc2)cc1)OC(N)=O. The molecule has 0 aliphatic rings. The third kappa shape index (κ3) is 6.30. The predicted octanol–water partition coefficient (Wildman–Crippen LogP) is 4.14. The summed E-state index contributed by atoms with van der Waals surface area (Å²) >= 11 is 0. The van der Waals surface area contributed by atoms with Gasteiger partial charge in [-0.3, -0.25) is 4.79 Å². The van der Waals surface area contributed by atoms with Crippen LogP contribution in [0.3, 0.4) is 0 Å². The highest BCUT2D eigenvalue weighted by Gasteiger charge is 2.20. The Balaban J connectivity index is 1.84. The Kier molecular flexibility index (Phi) is 6.17. The number of carbonyl (C=O) groups excluding carboxylic acids is 2. The summed E-state index contributed by atoms with van der Waals surface area (Å²) in [6, 6.07) is 16.9. The monoisotopic (exact) mass is 340 g/mol. The van der Waals surface area contributed by atoms with Gasteiger partial charge in [-0.1, -0.05) is 30.3 Å². The summed E-state index contributed by atoms with van der Waals surface area (Å²) in [6.07, 6.45) is 1.71. The van der Waals surface area contributed by atoms with Gasteiger partial charge in [0.15, 0.2) is 0 Å². The smallest absolute Gasteiger partial charge is 0.405 e. The number of ether oxygens (including phenoxy) is 1. The second-order valence-electron chi connectivity index (χ2n) is 6.55. The number of benzene rings is 2. The molecule has 0 saturated heterocycles. The lowest BCUT2D eigenvalue weighted by Gasteiger charge is -2.23. The number of nitrogens with two attached hydrogens (primary N) is 1. The van der Waals surface area contributed by atoms with Crippen LogP contribution >= 0.6 is 0 Å². The summed E-state index contributed by atoms with van der Waals surface area (Å²) < 4.78 is 5.07. The van der Waals surface area contributed by atoms with Crippen molar-refractivity contribution >= 4 is 17.7 Å². The molecule has 5 heteroatoms. The average Bonchev–Trinajstić information content (AvgIpc) is 2.56. The van der Waals surface area contributed by atoms with Crippen LogP contribution in [0.2, 0.25) is 0 Å². The largest absolute Gasteiger partial charge is 0.444 e. The fourth-order valence-corrected chi connectivity index (χ4v) is 2.59. The van der Waals surface area contributed by atoms with Gasteiger partial charge < -0.3 is 15.8 Å². The molecule has 0 fully saturated rings. The molecule has 0 heterocycles. The quantitative estimate of drug-likeness (QED) is 0.795. The lowest BCUT2D eigenvalue weighted by Crippen LogP contribution is -2.31. The minimum atomic E-state index is -0.747. The van der Waals surface area contributed by atoms with Gasteiger partial charge in [0, 0.05) is 11.3 Å². The number of rotatable bonds is 7. The molecule has 2 amide bonds. The highest BCUT2D eigenvalue weighted by atomic mass is 16.6. The molecule has 0 atom stereocenters. The minimum absolute atomic E-state index is 0.126. The van der Waals surface area contributed by atoms with E-state index in [1.54, 1.807) is 12.1 Å². The van der Waals surface area contributed by atoms with Crippen LogP contribution in [0.25, 0.3) is 0 Å². The molecule has 0 aromatic heterocycles. The third-order valence-corrected chi connectivity index (χ3v) is 3.87. The van der Waals surface area contributed by atoms with E-state index in [1.807, 2.05) is 56.3 Å². The van der Waals surface area contributed by atoms with Gasteiger partial charge in [0.1, 0.15) is 5.60 Å². The summed E-state index contributed by atoms with van der Waals surface area (Å²) in [5, 5.41) is 2.88. The molecule has 2 rings (SSSR count). The van der Waals surface area contributed by atoms with Crippen molar-refractivity contribution in [3.63, 3.8) is 0 Å². The molecule has 0 saturated carbocycles. The van der Waals surface area contributed by atoms with E-state index in [4.69, 9.17) is 10.5 Å². The fraction of sp³-hybridized carbons (Fsp3) is 0.300. The molecule has 2 aromatic rings. The van der Waals surface area contributed by atoms with E-state index in [-0.39, 0.29) is 5.91 Å². The van der Waals surface area contributed by atoms with Gasteiger partial charge in [0.05, 0.1) is 0 Å². The van der Waals surface area contributed by atoms with Crippen molar-refractivity contribution in [2.75, 3.05) is 5.32 Å². The van der Waals surface area contributed by atoms with E-state index in [0.717, 1.165) is 30.5 Å². The molecule has 5 nitrogen and oxygen atoms in total. The molecule has 3 N–H and O–H groups in total. The van der Waals surface area contributed by atoms with Crippen molar-refractivity contribution in [1.82, 2.24) is 0 Å². The van der Waals surface area contributed by atoms with Crippen molar-refractivity contribution in [1.29, 1.82) is 0 Å². The highest BCUT2D eigenvalue weighted by Crippen LogP contribution is 2.19. The highest BCUT2D eigenvalue weighted by molar-refractivity contribution is 6.04. The number of carbonyl (C=O) groups is 2. The number of anilines is 1. The average molecular weight is 340 g/mol. The van der Waals surface area contributed by atoms with E-state index in [0.29, 0.717) is 5.56 Å². The Morgan fingerprint density at radius 2 is 1.68 bits per heavy atom. The first-order valence-electron chi connectivity index (χ1n) is 8.29. The van der Waals surface area contributed by atoms with Gasteiger partial charge in [-0.2, -0.15) is 0 Å². The minimum Gasteiger partial charge on any atom is -0.444 e. The molecule has 0 spiro atoms. The van der Waals surface area contributed by atoms with Gasteiger partial charge in [-0.15, -0.1) is 0 Å². The Bertz CT molecular complexity index is 709. The maximum absolute atomic E-state index is 12.1. The Labute approximate surface area is 148 Å². The molecular weight excluding hydrogens is 316 g/mol. The molecule has 0 radical (unpaired) electrons. The van der Waals surface area contributed by atoms with Gasteiger partial charge in [0.2, 0.25) is 0 Å². The van der Waals surface area contributed by atoms with E-state index in [1.165, 1.54) is 0 Å². The van der Waals surface area contributed by atoms with Crippen molar-refractivity contribution < 1.29 is 14.3 Å². The molecule has 132 valence electrons. The molecule has 0 bridgehead atoms. The first kappa shape index (κ1) is 18.5. The zero-order valence-electron chi connectivity index (χ0n) is 14.6. The summed E-state index contributed by atoms with van der Waals surface area (Å²) in [5.74, 6) is -0.126. The number of nitrogens with one attached hydrogen (secondary N) is 1. The first-order chi connectivity index (χ1) is 11.9. The van der Waals surface area contributed by atoms with Crippen molar-refractivity contribution in [2.45, 2.75) is 38.7 Å². The van der Waals surface area contributed by atoms with Crippen LogP contribution in [0.15, 0.2) is 54.6 Å². The summed E-state index contributed by atoms with van der Waals surface area (Å²) in [7, 11) is 0. The summed E-state index contributed by atoms with van der Waals surface area (Å²) in [4.78, 5) is 22.9. The van der Waals surface area contributed by atoms with E-state index in [9.17, 15) is 9.59 Å². The zero-order chi connectivity index (χ0) is 18.3. The van der Waals surface area contributed by atoms with Crippen LogP contribution in [0, 0.1) is 0 Å². The summed E-state index contributed by atoms with van der Waals surface area (Å²) in [5.41, 5.74) is 7.05. The number of primary amides is 1. The van der Waals surface area contributed by atoms with Gasteiger partial charge in [-0.25, -0.2) is 4.79 Å². The lowest BCUT2D eigenvalue weighted by atomic mass is 9.98. The van der Waals surface area contributed by atoms with Gasteiger partial charge >= 0.3 is 6.09 Å². The Morgan fingerprint density at radius 1 is 1.04 bits per heavy atom. The van der Waals surface area contributed by atoms with E-state index < -0.39 is 11.7 Å². The first-order valence-corrected chi connectivity index (χ1v) is 8.29. The van der Waals surface area contributed by atoms with Crippen LogP contribution in [0.4, 0.5) is 10.5 Å². The second kappa shape index (κ2) is 8.33. The molecular formula is C20H24N2O3. The Morgan fingerprint density at radius 3 is 2.28 bits per heavy atom. The molecule has 0 unspecified atom stereocenters. The molecule has 0 aliphatic carbocycles. The van der Waals surface area contributed by atoms with Crippen LogP contribution in [-0.4, -0.2) is 17.6 Å². The molecule has 25 heavy (non-hydrogen) atoms. The normalized spacial score (nSPS) is 11.0. The van der Waals surface area contributed by atoms with Crippen molar-refractivity contribution in [2.24, 2.45) is 5.73 Å². The van der Waals surface area contributed by atoms with E-state index >= 15 is 0 Å². The summed E-state index contributed by atoms with van der Waals surface area (Å²) in [6.45, 7) is 3.69. The van der Waals surface area contributed by atoms with Gasteiger partial charge in [-0.05, 0) is 62.9 Å². The van der Waals surface area contributed by atoms with Crippen LogP contribution < -0.4 is 11.1 Å². The number of hydrogen-bond acceptors (Lipinski definition) is 3. The van der Waals surface area contributed by atoms with Crippen molar-refractivity contribution in [3.8, 4) is 0 Å². The predicted molar refractivity (Wildman–Crippen MR) is 98.5 cm³/mol.